The first kappa shape index (κ1) is 9.32. The Hall–Kier alpha value is -1.73. The van der Waals surface area contributed by atoms with E-state index < -0.39 is 0 Å². The van der Waals surface area contributed by atoms with E-state index in [1.807, 2.05) is 12.1 Å². The van der Waals surface area contributed by atoms with Crippen LogP contribution in [0.4, 0.5) is 4.79 Å². The Morgan fingerprint density at radius 1 is 1.53 bits per heavy atom. The monoisotopic (exact) mass is 247 g/mol. The predicted octanol–water partition coefficient (Wildman–Crippen LogP) is 0.272. The van der Waals surface area contributed by atoms with Gasteiger partial charge < -0.3 is 10.6 Å². The van der Waals surface area contributed by atoms with Crippen molar-refractivity contribution in [2.75, 3.05) is 6.67 Å². The Bertz CT molecular complexity index is 557. The standard InChI is InChI=1S/C10H9N5OS/c16-10-14-9-6(7-12-4-13-15(7)10)5-2-1-3-11-8(5)17-9/h1-3,9,12-13H,4H2,(H,14,16). The van der Waals surface area contributed by atoms with Crippen LogP contribution in [0.5, 0.6) is 0 Å². The average Bonchev–Trinajstić information content (AvgIpc) is 2.90. The molecule has 0 aromatic carbocycles. The van der Waals surface area contributed by atoms with Crippen LogP contribution in [-0.2, 0) is 0 Å². The first-order chi connectivity index (χ1) is 8.34. The molecule has 4 rings (SSSR count). The molecule has 0 saturated carbocycles. The lowest BCUT2D eigenvalue weighted by Gasteiger charge is -2.28. The van der Waals surface area contributed by atoms with Crippen LogP contribution >= 0.6 is 11.8 Å². The number of carbonyl (C=O) groups excluding carboxylic acids is 1. The largest absolute Gasteiger partial charge is 0.356 e. The van der Waals surface area contributed by atoms with Crippen molar-refractivity contribution in [3.05, 3.63) is 29.7 Å². The number of hydrogen-bond donors (Lipinski definition) is 3. The number of amides is 2. The average molecular weight is 247 g/mol. The number of carbonyl (C=O) groups is 1. The Kier molecular flexibility index (Phi) is 1.72. The summed E-state index contributed by atoms with van der Waals surface area (Å²) < 4.78 is 0. The molecular formula is C10H9N5OS. The summed E-state index contributed by atoms with van der Waals surface area (Å²) >= 11 is 1.58. The summed E-state index contributed by atoms with van der Waals surface area (Å²) in [6, 6.07) is 3.82. The van der Waals surface area contributed by atoms with Crippen LogP contribution in [0.25, 0.3) is 5.57 Å². The molecule has 1 atom stereocenters. The summed E-state index contributed by atoms with van der Waals surface area (Å²) in [4.78, 5) is 16.1. The molecule has 0 bridgehead atoms. The summed E-state index contributed by atoms with van der Waals surface area (Å²) in [5.74, 6) is 0.845. The number of pyridine rings is 1. The smallest absolute Gasteiger partial charge is 0.339 e. The number of fused-ring (bicyclic) bond motifs is 4. The van der Waals surface area contributed by atoms with E-state index in [9.17, 15) is 4.79 Å². The molecule has 86 valence electrons. The predicted molar refractivity (Wildman–Crippen MR) is 62.3 cm³/mol. The number of aromatic nitrogens is 1. The van der Waals surface area contributed by atoms with Crippen molar-refractivity contribution in [3.8, 4) is 0 Å². The fraction of sp³-hybridized carbons (Fsp3) is 0.200. The summed E-state index contributed by atoms with van der Waals surface area (Å²) in [6.45, 7) is 0.569. The SMILES string of the molecule is O=C1NC2Sc3ncccc3C2=C2NCNN12. The minimum absolute atomic E-state index is 0.0361. The van der Waals surface area contributed by atoms with Crippen molar-refractivity contribution in [2.24, 2.45) is 0 Å². The number of hydrazine groups is 1. The molecule has 17 heavy (non-hydrogen) atoms. The zero-order chi connectivity index (χ0) is 11.4. The molecule has 1 fully saturated rings. The Morgan fingerprint density at radius 2 is 2.47 bits per heavy atom. The van der Waals surface area contributed by atoms with E-state index in [2.05, 4.69) is 21.0 Å². The van der Waals surface area contributed by atoms with Crippen LogP contribution in [0.15, 0.2) is 29.2 Å². The molecule has 0 radical (unpaired) electrons. The first-order valence-corrected chi connectivity index (χ1v) is 6.17. The van der Waals surface area contributed by atoms with Crippen LogP contribution < -0.4 is 16.1 Å². The molecule has 1 saturated heterocycles. The number of hydrogen-bond acceptors (Lipinski definition) is 5. The Labute approximate surface area is 101 Å². The molecular weight excluding hydrogens is 238 g/mol. The van der Waals surface area contributed by atoms with Gasteiger partial charge in [-0.15, -0.1) is 0 Å². The molecule has 0 spiro atoms. The van der Waals surface area contributed by atoms with E-state index in [0.717, 1.165) is 22.0 Å². The van der Waals surface area contributed by atoms with E-state index in [1.165, 1.54) is 5.01 Å². The quantitative estimate of drug-likeness (QED) is 0.614. The van der Waals surface area contributed by atoms with Crippen LogP contribution in [0.2, 0.25) is 0 Å². The number of urea groups is 1. The molecule has 2 amide bonds. The van der Waals surface area contributed by atoms with Gasteiger partial charge in [0.05, 0.1) is 6.67 Å². The lowest BCUT2D eigenvalue weighted by Crippen LogP contribution is -2.50. The molecule has 6 nitrogen and oxygen atoms in total. The van der Waals surface area contributed by atoms with E-state index in [-0.39, 0.29) is 11.4 Å². The summed E-state index contributed by atoms with van der Waals surface area (Å²) in [5, 5.41) is 8.59. The van der Waals surface area contributed by atoms with Gasteiger partial charge in [-0.1, -0.05) is 17.8 Å². The van der Waals surface area contributed by atoms with Crippen molar-refractivity contribution in [2.45, 2.75) is 10.4 Å². The maximum atomic E-state index is 11.8. The second-order valence-electron chi connectivity index (χ2n) is 3.91. The zero-order valence-electron chi connectivity index (χ0n) is 8.73. The first-order valence-electron chi connectivity index (χ1n) is 5.29. The van der Waals surface area contributed by atoms with Crippen molar-refractivity contribution >= 4 is 23.4 Å². The maximum Gasteiger partial charge on any atom is 0.339 e. The van der Waals surface area contributed by atoms with Gasteiger partial charge in [-0.2, -0.15) is 0 Å². The lowest BCUT2D eigenvalue weighted by atomic mass is 10.1. The van der Waals surface area contributed by atoms with E-state index >= 15 is 0 Å². The highest BCUT2D eigenvalue weighted by molar-refractivity contribution is 8.00. The molecule has 3 N–H and O–H groups in total. The van der Waals surface area contributed by atoms with Gasteiger partial charge >= 0.3 is 6.03 Å². The van der Waals surface area contributed by atoms with Crippen molar-refractivity contribution in [1.82, 2.24) is 26.1 Å². The van der Waals surface area contributed by atoms with Crippen molar-refractivity contribution in [1.29, 1.82) is 0 Å². The fourth-order valence-electron chi connectivity index (χ4n) is 2.28. The summed E-state index contributed by atoms with van der Waals surface area (Å²) in [5.41, 5.74) is 5.17. The molecule has 3 aliphatic rings. The second kappa shape index (κ2) is 3.14. The van der Waals surface area contributed by atoms with Crippen LogP contribution in [0.1, 0.15) is 5.56 Å². The van der Waals surface area contributed by atoms with Gasteiger partial charge in [-0.05, 0) is 6.07 Å². The number of rotatable bonds is 0. The van der Waals surface area contributed by atoms with Crippen molar-refractivity contribution < 1.29 is 4.79 Å². The number of nitrogens with zero attached hydrogens (tertiary/aromatic N) is 2. The van der Waals surface area contributed by atoms with Gasteiger partial charge in [0.25, 0.3) is 0 Å². The van der Waals surface area contributed by atoms with Gasteiger partial charge in [-0.3, -0.25) is 0 Å². The van der Waals surface area contributed by atoms with E-state index in [1.54, 1.807) is 18.0 Å². The molecule has 1 aromatic rings. The molecule has 4 heterocycles. The normalized spacial score (nSPS) is 25.1. The zero-order valence-corrected chi connectivity index (χ0v) is 9.54. The third-order valence-corrected chi connectivity index (χ3v) is 4.12. The highest BCUT2D eigenvalue weighted by Gasteiger charge is 2.41. The fourth-order valence-corrected chi connectivity index (χ4v) is 3.45. The van der Waals surface area contributed by atoms with E-state index in [0.29, 0.717) is 6.67 Å². The Morgan fingerprint density at radius 3 is 3.41 bits per heavy atom. The van der Waals surface area contributed by atoms with Crippen molar-refractivity contribution in [3.63, 3.8) is 0 Å². The number of thioether (sulfide) groups is 1. The molecule has 1 unspecified atom stereocenters. The summed E-state index contributed by atoms with van der Waals surface area (Å²) in [6.07, 6.45) is 1.77. The third-order valence-electron chi connectivity index (χ3n) is 2.98. The minimum Gasteiger partial charge on any atom is -0.356 e. The lowest BCUT2D eigenvalue weighted by molar-refractivity contribution is 0.200. The molecule has 3 aliphatic heterocycles. The molecule has 0 aliphatic carbocycles. The van der Waals surface area contributed by atoms with Crippen LogP contribution in [0.3, 0.4) is 0 Å². The van der Waals surface area contributed by atoms with E-state index in [4.69, 9.17) is 0 Å². The van der Waals surface area contributed by atoms with Gasteiger partial charge in [0, 0.05) is 17.3 Å². The summed E-state index contributed by atoms with van der Waals surface area (Å²) in [7, 11) is 0. The second-order valence-corrected chi connectivity index (χ2v) is 5.01. The van der Waals surface area contributed by atoms with Gasteiger partial charge in [0.1, 0.15) is 16.2 Å². The maximum absolute atomic E-state index is 11.8. The van der Waals surface area contributed by atoms with Crippen LogP contribution in [-0.4, -0.2) is 28.1 Å². The van der Waals surface area contributed by atoms with Gasteiger partial charge in [0.15, 0.2) is 0 Å². The highest BCUT2D eigenvalue weighted by Crippen LogP contribution is 2.45. The van der Waals surface area contributed by atoms with Gasteiger partial charge in [0.2, 0.25) is 0 Å². The van der Waals surface area contributed by atoms with Crippen LogP contribution in [0, 0.1) is 0 Å². The molecule has 7 heteroatoms. The third kappa shape index (κ3) is 1.15. The molecule has 1 aromatic heterocycles. The van der Waals surface area contributed by atoms with Gasteiger partial charge in [-0.25, -0.2) is 20.2 Å². The Balaban J connectivity index is 1.95. The topological polar surface area (TPSA) is 69.3 Å². The highest BCUT2D eigenvalue weighted by atomic mass is 32.2. The number of nitrogens with one attached hydrogen (secondary N) is 3. The minimum atomic E-state index is -0.126.